The van der Waals surface area contributed by atoms with Gasteiger partial charge in [-0.2, -0.15) is 0 Å². The van der Waals surface area contributed by atoms with Gasteiger partial charge in [-0.25, -0.2) is 9.59 Å². The van der Waals surface area contributed by atoms with E-state index >= 15 is 0 Å². The first-order valence-corrected chi connectivity index (χ1v) is 12.9. The Morgan fingerprint density at radius 1 is 1.13 bits per heavy atom. The van der Waals surface area contributed by atoms with Crippen molar-refractivity contribution in [3.05, 3.63) is 35.1 Å². The summed E-state index contributed by atoms with van der Waals surface area (Å²) in [5, 5.41) is 31.5. The first-order valence-electron chi connectivity index (χ1n) is 12.9. The molecule has 210 valence electrons. The predicted molar refractivity (Wildman–Crippen MR) is 131 cm³/mol. The summed E-state index contributed by atoms with van der Waals surface area (Å²) in [6.45, 7) is 3.08. The number of carboxylic acid groups (broad SMARTS) is 1. The molecule has 12 nitrogen and oxygen atoms in total. The van der Waals surface area contributed by atoms with Crippen molar-refractivity contribution in [1.29, 1.82) is 0 Å². The number of benzene rings is 1. The molecular weight excluding hydrogens is 514 g/mol. The molecule has 0 aromatic heterocycles. The molecule has 0 saturated carbocycles. The van der Waals surface area contributed by atoms with Crippen LogP contribution in [0.5, 0.6) is 11.5 Å². The number of phenolic OH excluding ortho intramolecular Hbond substituents is 1. The molecular formula is C27H31NO11. The van der Waals surface area contributed by atoms with Gasteiger partial charge in [0.15, 0.2) is 29.8 Å². The van der Waals surface area contributed by atoms with Crippen LogP contribution in [0.2, 0.25) is 0 Å². The predicted octanol–water partition coefficient (Wildman–Crippen LogP) is 0.941. The number of hydrogen-bond acceptors (Lipinski definition) is 11. The molecule has 1 aromatic carbocycles. The molecule has 1 fully saturated rings. The number of carboxylic acids is 1. The lowest BCUT2D eigenvalue weighted by Crippen LogP contribution is -2.74. The van der Waals surface area contributed by atoms with Crippen LogP contribution in [0.4, 0.5) is 0 Å². The van der Waals surface area contributed by atoms with E-state index in [-0.39, 0.29) is 30.4 Å². The van der Waals surface area contributed by atoms with E-state index in [1.165, 1.54) is 13.8 Å². The summed E-state index contributed by atoms with van der Waals surface area (Å²) in [6, 6.07) is 3.24. The number of aromatic hydroxyl groups is 1. The van der Waals surface area contributed by atoms with E-state index in [4.69, 9.17) is 19.3 Å². The first-order chi connectivity index (χ1) is 18.4. The van der Waals surface area contributed by atoms with Gasteiger partial charge in [0.2, 0.25) is 0 Å². The third kappa shape index (κ3) is 4.13. The number of carbonyl (C=O) groups is 4. The fraction of sp³-hybridized carbons (Fsp3) is 0.556. The van der Waals surface area contributed by atoms with Crippen molar-refractivity contribution in [1.82, 2.24) is 4.90 Å². The zero-order chi connectivity index (χ0) is 28.3. The van der Waals surface area contributed by atoms with Gasteiger partial charge in [-0.05, 0) is 58.0 Å². The Balaban J connectivity index is 1.27. The largest absolute Gasteiger partial charge is 0.504 e. The normalized spacial score (nSPS) is 29.7. The maximum absolute atomic E-state index is 12.7. The Morgan fingerprint density at radius 2 is 1.85 bits per heavy atom. The van der Waals surface area contributed by atoms with Crippen LogP contribution >= 0.6 is 0 Å². The van der Waals surface area contributed by atoms with Gasteiger partial charge < -0.3 is 39.2 Å². The van der Waals surface area contributed by atoms with Crippen LogP contribution in [-0.4, -0.2) is 87.6 Å². The molecule has 3 N–H and O–H groups in total. The van der Waals surface area contributed by atoms with Crippen molar-refractivity contribution < 1.29 is 53.4 Å². The summed E-state index contributed by atoms with van der Waals surface area (Å²) in [4.78, 5) is 49.8. The molecule has 1 saturated heterocycles. The molecule has 2 heterocycles. The summed E-state index contributed by atoms with van der Waals surface area (Å²) in [6.07, 6.45) is -1.36. The Hall–Kier alpha value is -3.64. The van der Waals surface area contributed by atoms with Gasteiger partial charge in [-0.15, -0.1) is 0 Å². The van der Waals surface area contributed by atoms with Gasteiger partial charge in [0.1, 0.15) is 5.76 Å². The maximum atomic E-state index is 12.7. The van der Waals surface area contributed by atoms with Crippen molar-refractivity contribution in [3.8, 4) is 11.5 Å². The third-order valence-corrected chi connectivity index (χ3v) is 8.40. The van der Waals surface area contributed by atoms with Crippen molar-refractivity contribution in [2.45, 2.75) is 81.3 Å². The zero-order valence-corrected chi connectivity index (χ0v) is 21.8. The van der Waals surface area contributed by atoms with Gasteiger partial charge in [0.25, 0.3) is 0 Å². The number of phenols is 1. The number of aliphatic hydroxyl groups is 1. The van der Waals surface area contributed by atoms with E-state index < -0.39 is 59.6 Å². The average molecular weight is 546 g/mol. The molecule has 4 aliphatic rings. The van der Waals surface area contributed by atoms with Crippen LogP contribution in [0.1, 0.15) is 50.7 Å². The molecule has 1 aromatic rings. The second-order valence-corrected chi connectivity index (χ2v) is 10.6. The van der Waals surface area contributed by atoms with E-state index in [1.54, 1.807) is 12.1 Å². The molecule has 2 aliphatic carbocycles. The molecule has 6 atom stereocenters. The van der Waals surface area contributed by atoms with E-state index in [9.17, 15) is 29.4 Å². The minimum atomic E-state index is -1.40. The molecule has 0 radical (unpaired) electrons. The molecule has 12 heteroatoms. The van der Waals surface area contributed by atoms with E-state index in [1.807, 2.05) is 13.1 Å². The molecule has 5 rings (SSSR count). The molecule has 0 amide bonds. The SMILES string of the molecule is C[C@H](OC(=O)[C@H](C)OC(=O)CCC(=O)OC1=CC[C@@]2(O)[C@H]3Cc4ccc(O)c5c4[C@@]2(CCN3C)[C@H]1O5)C(=O)O. The van der Waals surface area contributed by atoms with E-state index in [0.29, 0.717) is 25.1 Å². The molecule has 0 unspecified atom stereocenters. The van der Waals surface area contributed by atoms with Gasteiger partial charge in [-0.3, -0.25) is 9.59 Å². The number of aliphatic carboxylic acids is 1. The highest BCUT2D eigenvalue weighted by Gasteiger charge is 2.72. The lowest BCUT2D eigenvalue weighted by atomic mass is 9.50. The standard InChI is InChI=1S/C27H31NO11/c1-13(24(32)33)37-25(34)14(2)36-19(30)6-7-20(31)38-17-8-9-27(35)18-12-15-4-5-16(29)22-21(15)26(27,23(17)39-22)10-11-28(18)3/h4-5,8,13-14,18,23,29,35H,6-7,9-12H2,1-3H3,(H,32,33)/t13-,14-,18+,23-,26-,27+/m0/s1. The number of rotatable bonds is 8. The monoisotopic (exact) mass is 545 g/mol. The lowest BCUT2D eigenvalue weighted by Gasteiger charge is -2.61. The third-order valence-electron chi connectivity index (χ3n) is 8.40. The van der Waals surface area contributed by atoms with E-state index in [2.05, 4.69) is 9.64 Å². The van der Waals surface area contributed by atoms with Gasteiger partial charge in [-0.1, -0.05) is 6.07 Å². The van der Waals surface area contributed by atoms with E-state index in [0.717, 1.165) is 11.1 Å². The number of likely N-dealkylation sites (N-methyl/N-ethyl adjacent to an activating group) is 1. The highest BCUT2D eigenvalue weighted by atomic mass is 16.6. The summed E-state index contributed by atoms with van der Waals surface area (Å²) < 4.78 is 21.5. The smallest absolute Gasteiger partial charge is 0.347 e. The van der Waals surface area contributed by atoms with Gasteiger partial charge in [0.05, 0.1) is 23.9 Å². The zero-order valence-electron chi connectivity index (χ0n) is 21.8. The maximum Gasteiger partial charge on any atom is 0.347 e. The number of hydrogen-bond donors (Lipinski definition) is 3. The number of likely N-dealkylation sites (tertiary alicyclic amines) is 1. The summed E-state index contributed by atoms with van der Waals surface area (Å²) in [5.41, 5.74) is -0.355. The molecule has 2 aliphatic heterocycles. The highest BCUT2D eigenvalue weighted by Crippen LogP contribution is 2.65. The Labute approximate surface area is 224 Å². The number of piperidine rings is 1. The molecule has 39 heavy (non-hydrogen) atoms. The van der Waals surface area contributed by atoms with Crippen LogP contribution in [0.15, 0.2) is 24.0 Å². The lowest BCUT2D eigenvalue weighted by molar-refractivity contribution is -0.175. The highest BCUT2D eigenvalue weighted by molar-refractivity contribution is 5.83. The second kappa shape index (κ2) is 9.53. The summed E-state index contributed by atoms with van der Waals surface area (Å²) in [7, 11) is 1.97. The van der Waals surface area contributed by atoms with Crippen LogP contribution in [-0.2, 0) is 45.2 Å². The van der Waals surface area contributed by atoms with Crippen LogP contribution in [0.25, 0.3) is 0 Å². The Bertz CT molecular complexity index is 1270. The Morgan fingerprint density at radius 3 is 2.56 bits per heavy atom. The van der Waals surface area contributed by atoms with Crippen molar-refractivity contribution in [3.63, 3.8) is 0 Å². The van der Waals surface area contributed by atoms with Crippen LogP contribution < -0.4 is 4.74 Å². The van der Waals surface area contributed by atoms with Gasteiger partial charge in [0, 0.05) is 18.0 Å². The molecule has 1 spiro atoms. The number of carbonyl (C=O) groups excluding carboxylic acids is 3. The molecule has 2 bridgehead atoms. The summed E-state index contributed by atoms with van der Waals surface area (Å²) in [5.74, 6) is -3.51. The number of esters is 3. The van der Waals surface area contributed by atoms with Crippen molar-refractivity contribution in [2.75, 3.05) is 13.6 Å². The number of ether oxygens (including phenoxy) is 4. The second-order valence-electron chi connectivity index (χ2n) is 10.6. The van der Waals surface area contributed by atoms with Crippen molar-refractivity contribution >= 4 is 23.9 Å². The van der Waals surface area contributed by atoms with Crippen LogP contribution in [0, 0.1) is 0 Å². The fourth-order valence-corrected chi connectivity index (χ4v) is 6.45. The average Bonchev–Trinajstić information content (AvgIpc) is 3.24. The number of nitrogens with zero attached hydrogens (tertiary/aromatic N) is 1. The van der Waals surface area contributed by atoms with Crippen LogP contribution in [0.3, 0.4) is 0 Å². The minimum Gasteiger partial charge on any atom is -0.504 e. The minimum absolute atomic E-state index is 0.0453. The Kier molecular flexibility index (Phi) is 6.58. The fourth-order valence-electron chi connectivity index (χ4n) is 6.45. The van der Waals surface area contributed by atoms with Gasteiger partial charge >= 0.3 is 23.9 Å². The quantitative estimate of drug-likeness (QED) is 0.313. The first kappa shape index (κ1) is 26.9. The topological polar surface area (TPSA) is 169 Å². The summed E-state index contributed by atoms with van der Waals surface area (Å²) >= 11 is 0. The van der Waals surface area contributed by atoms with Crippen molar-refractivity contribution in [2.24, 2.45) is 0 Å².